The number of rotatable bonds is 7. The van der Waals surface area contributed by atoms with E-state index >= 15 is 0 Å². The molecule has 1 amide bonds. The lowest BCUT2D eigenvalue weighted by Crippen LogP contribution is -2.36. The number of H-pyrrole nitrogens is 1. The largest absolute Gasteiger partial charge is 0.352 e. The van der Waals surface area contributed by atoms with Gasteiger partial charge in [0.1, 0.15) is 0 Å². The molecule has 2 aliphatic heterocycles. The van der Waals surface area contributed by atoms with Gasteiger partial charge in [-0.15, -0.1) is 0 Å². The summed E-state index contributed by atoms with van der Waals surface area (Å²) in [6.07, 6.45) is 6.00. The van der Waals surface area contributed by atoms with Gasteiger partial charge in [0, 0.05) is 36.6 Å². The second-order valence-electron chi connectivity index (χ2n) is 9.35. The fourth-order valence-electron chi connectivity index (χ4n) is 4.72. The Hall–Kier alpha value is -2.23. The Balaban J connectivity index is 1.48. The van der Waals surface area contributed by atoms with E-state index in [9.17, 15) is 18.0 Å². The molecule has 0 unspecified atom stereocenters. The molecule has 0 radical (unpaired) electrons. The molecule has 2 fully saturated rings. The number of pyridine rings is 1. The van der Waals surface area contributed by atoms with Crippen molar-refractivity contribution < 1.29 is 13.2 Å². The quantitative estimate of drug-likeness (QED) is 0.601. The minimum Gasteiger partial charge on any atom is -0.352 e. The summed E-state index contributed by atoms with van der Waals surface area (Å²) in [6, 6.07) is 5.84. The highest BCUT2D eigenvalue weighted by Gasteiger charge is 2.26. The lowest BCUT2D eigenvalue weighted by molar-refractivity contribution is 0.0952. The summed E-state index contributed by atoms with van der Waals surface area (Å²) in [7, 11) is -3.64. The molecule has 2 aromatic rings. The number of hydrogen-bond donors (Lipinski definition) is 2. The molecule has 2 saturated heterocycles. The summed E-state index contributed by atoms with van der Waals surface area (Å²) in [5, 5.41) is 3.35. The first-order chi connectivity index (χ1) is 15.8. The molecule has 0 atom stereocenters. The number of aromatic amines is 1. The summed E-state index contributed by atoms with van der Waals surface area (Å²) in [5.41, 5.74) is 0.269. The number of carbonyl (C=O) groups is 1. The highest BCUT2D eigenvalue weighted by atomic mass is 32.2. The summed E-state index contributed by atoms with van der Waals surface area (Å²) in [4.78, 5) is 30.3. The van der Waals surface area contributed by atoms with E-state index in [0.717, 1.165) is 51.2 Å². The van der Waals surface area contributed by atoms with Crippen molar-refractivity contribution in [2.75, 3.05) is 39.3 Å². The van der Waals surface area contributed by atoms with Gasteiger partial charge < -0.3 is 15.2 Å². The number of likely N-dealkylation sites (tertiary alicyclic amines) is 1. The SMILES string of the molecule is CC1CCN(CCCNC(=O)c2cc(=O)[nH]c3ccc(S(=O)(=O)N4CCCCC4)cc23)CC1. The molecule has 0 saturated carbocycles. The normalized spacial score (nSPS) is 19.1. The molecule has 0 bridgehead atoms. The molecule has 1 aromatic heterocycles. The van der Waals surface area contributed by atoms with Gasteiger partial charge in [-0.25, -0.2) is 8.42 Å². The molecule has 9 heteroatoms. The van der Waals surface area contributed by atoms with Gasteiger partial charge in [0.2, 0.25) is 15.6 Å². The van der Waals surface area contributed by atoms with Crippen LogP contribution in [0.5, 0.6) is 0 Å². The number of benzene rings is 1. The lowest BCUT2D eigenvalue weighted by Gasteiger charge is -2.30. The van der Waals surface area contributed by atoms with E-state index in [1.165, 1.54) is 35.3 Å². The first-order valence-corrected chi connectivity index (χ1v) is 13.5. The predicted octanol–water partition coefficient (Wildman–Crippen LogP) is 2.55. The lowest BCUT2D eigenvalue weighted by atomic mass is 9.99. The van der Waals surface area contributed by atoms with E-state index in [1.807, 2.05) is 0 Å². The zero-order valence-electron chi connectivity index (χ0n) is 19.3. The molecule has 2 N–H and O–H groups in total. The van der Waals surface area contributed by atoms with Crippen LogP contribution in [-0.2, 0) is 10.0 Å². The maximum Gasteiger partial charge on any atom is 0.252 e. The Morgan fingerprint density at radius 3 is 2.55 bits per heavy atom. The van der Waals surface area contributed by atoms with Gasteiger partial charge in [-0.05, 0) is 75.9 Å². The average molecular weight is 475 g/mol. The number of sulfonamides is 1. The number of fused-ring (bicyclic) bond motifs is 1. The van der Waals surface area contributed by atoms with E-state index in [1.54, 1.807) is 6.07 Å². The van der Waals surface area contributed by atoms with Gasteiger partial charge in [0.05, 0.1) is 10.5 Å². The number of piperidine rings is 2. The summed E-state index contributed by atoms with van der Waals surface area (Å²) in [5.74, 6) is 0.430. The van der Waals surface area contributed by atoms with Crippen LogP contribution < -0.4 is 10.9 Å². The number of aromatic nitrogens is 1. The zero-order chi connectivity index (χ0) is 23.4. The van der Waals surface area contributed by atoms with Crippen molar-refractivity contribution in [2.45, 2.75) is 50.3 Å². The summed E-state index contributed by atoms with van der Waals surface area (Å²) in [6.45, 7) is 6.94. The molecule has 180 valence electrons. The van der Waals surface area contributed by atoms with Crippen molar-refractivity contribution in [3.63, 3.8) is 0 Å². The van der Waals surface area contributed by atoms with Crippen LogP contribution in [0.2, 0.25) is 0 Å². The summed E-state index contributed by atoms with van der Waals surface area (Å²) >= 11 is 0. The highest BCUT2D eigenvalue weighted by Crippen LogP contribution is 2.25. The van der Waals surface area contributed by atoms with Gasteiger partial charge in [-0.3, -0.25) is 9.59 Å². The Bertz CT molecular complexity index is 1150. The Morgan fingerprint density at radius 1 is 1.09 bits per heavy atom. The van der Waals surface area contributed by atoms with E-state index in [-0.39, 0.29) is 21.9 Å². The van der Waals surface area contributed by atoms with Crippen LogP contribution in [0, 0.1) is 5.92 Å². The molecule has 0 aliphatic carbocycles. The highest BCUT2D eigenvalue weighted by molar-refractivity contribution is 7.89. The minimum absolute atomic E-state index is 0.150. The molecule has 2 aliphatic rings. The minimum atomic E-state index is -3.64. The van der Waals surface area contributed by atoms with Crippen LogP contribution in [0.25, 0.3) is 10.9 Å². The third-order valence-corrected chi connectivity index (χ3v) is 8.72. The molecule has 3 heterocycles. The van der Waals surface area contributed by atoms with Crippen molar-refractivity contribution in [1.82, 2.24) is 19.5 Å². The molecule has 8 nitrogen and oxygen atoms in total. The van der Waals surface area contributed by atoms with Crippen molar-refractivity contribution in [1.29, 1.82) is 0 Å². The van der Waals surface area contributed by atoms with E-state index in [4.69, 9.17) is 0 Å². The molecule has 4 rings (SSSR count). The van der Waals surface area contributed by atoms with Crippen molar-refractivity contribution in [3.8, 4) is 0 Å². The Kier molecular flexibility index (Phi) is 7.51. The maximum atomic E-state index is 13.1. The third kappa shape index (κ3) is 5.65. The third-order valence-electron chi connectivity index (χ3n) is 6.82. The Labute approximate surface area is 195 Å². The standard InChI is InChI=1S/C24H34N4O4S/c1-18-8-14-27(15-9-18)11-5-10-25-24(30)21-17-23(29)26-22-7-6-19(16-20(21)22)33(31,32)28-12-3-2-4-13-28/h6-7,16-18H,2-5,8-15H2,1H3,(H,25,30)(H,26,29). The second kappa shape index (κ2) is 10.4. The monoisotopic (exact) mass is 474 g/mol. The average Bonchev–Trinajstić information content (AvgIpc) is 2.82. The number of carbonyl (C=O) groups excluding carboxylic acids is 1. The van der Waals surface area contributed by atoms with Crippen LogP contribution >= 0.6 is 0 Å². The second-order valence-corrected chi connectivity index (χ2v) is 11.3. The van der Waals surface area contributed by atoms with Crippen molar-refractivity contribution in [2.24, 2.45) is 5.92 Å². The maximum absolute atomic E-state index is 13.1. The predicted molar refractivity (Wildman–Crippen MR) is 129 cm³/mol. The van der Waals surface area contributed by atoms with Gasteiger partial charge in [-0.1, -0.05) is 13.3 Å². The fourth-order valence-corrected chi connectivity index (χ4v) is 6.26. The van der Waals surface area contributed by atoms with Crippen LogP contribution in [-0.4, -0.2) is 67.8 Å². The molecular weight excluding hydrogens is 440 g/mol. The first kappa shape index (κ1) is 23.9. The number of hydrogen-bond acceptors (Lipinski definition) is 5. The van der Waals surface area contributed by atoms with Gasteiger partial charge in [0.25, 0.3) is 5.91 Å². The topological polar surface area (TPSA) is 103 Å². The number of nitrogens with one attached hydrogen (secondary N) is 2. The van der Waals surface area contributed by atoms with Crippen molar-refractivity contribution >= 4 is 26.8 Å². The van der Waals surface area contributed by atoms with E-state index in [2.05, 4.69) is 22.1 Å². The number of nitrogens with zero attached hydrogens (tertiary/aromatic N) is 2. The van der Waals surface area contributed by atoms with E-state index < -0.39 is 10.0 Å². The zero-order valence-corrected chi connectivity index (χ0v) is 20.1. The van der Waals surface area contributed by atoms with Crippen molar-refractivity contribution in [3.05, 3.63) is 40.2 Å². The molecule has 0 spiro atoms. The number of amides is 1. The van der Waals surface area contributed by atoms with Crippen LogP contribution in [0.3, 0.4) is 0 Å². The van der Waals surface area contributed by atoms with Crippen LogP contribution in [0.1, 0.15) is 55.8 Å². The van der Waals surface area contributed by atoms with Crippen LogP contribution in [0.4, 0.5) is 0 Å². The Morgan fingerprint density at radius 2 is 1.82 bits per heavy atom. The summed E-state index contributed by atoms with van der Waals surface area (Å²) < 4.78 is 27.7. The van der Waals surface area contributed by atoms with Gasteiger partial charge in [-0.2, -0.15) is 4.31 Å². The molecular formula is C24H34N4O4S. The first-order valence-electron chi connectivity index (χ1n) is 12.0. The van der Waals surface area contributed by atoms with Gasteiger partial charge in [0.15, 0.2) is 0 Å². The molecule has 33 heavy (non-hydrogen) atoms. The smallest absolute Gasteiger partial charge is 0.252 e. The van der Waals surface area contributed by atoms with E-state index in [0.29, 0.717) is 30.5 Å². The van der Waals surface area contributed by atoms with Crippen LogP contribution in [0.15, 0.2) is 34.0 Å². The molecule has 1 aromatic carbocycles. The fraction of sp³-hybridized carbons (Fsp3) is 0.583. The van der Waals surface area contributed by atoms with Gasteiger partial charge >= 0.3 is 0 Å².